The molecule has 1 fully saturated rings. The number of carbonyl (C=O) groups excluding carboxylic acids is 1. The molecule has 1 aromatic rings. The van der Waals surface area contributed by atoms with Crippen LogP contribution in [-0.2, 0) is 4.74 Å². The highest BCUT2D eigenvalue weighted by Crippen LogP contribution is 2.31. The van der Waals surface area contributed by atoms with Crippen LogP contribution < -0.4 is 4.90 Å². The van der Waals surface area contributed by atoms with Gasteiger partial charge in [-0.2, -0.15) is 0 Å². The van der Waals surface area contributed by atoms with Crippen molar-refractivity contribution < 1.29 is 9.53 Å². The van der Waals surface area contributed by atoms with Crippen molar-refractivity contribution in [2.45, 2.75) is 32.7 Å². The van der Waals surface area contributed by atoms with Gasteiger partial charge >= 0.3 is 5.97 Å². The molecule has 1 aromatic heterocycles. The van der Waals surface area contributed by atoms with E-state index in [4.69, 9.17) is 4.74 Å². The van der Waals surface area contributed by atoms with Crippen LogP contribution in [0.2, 0.25) is 0 Å². The third-order valence-electron chi connectivity index (χ3n) is 3.45. The van der Waals surface area contributed by atoms with Crippen LogP contribution in [0.3, 0.4) is 0 Å². The molecule has 0 spiro atoms. The standard InChI is InChI=1S/C14H23N3O2S/c1-5-19-13(18)12-10(2)20-14(15-12)17-8-6-7-11(17)9-16(3)4/h11H,5-9H2,1-4H3. The maximum Gasteiger partial charge on any atom is 0.358 e. The molecule has 0 aromatic carbocycles. The number of carbonyl (C=O) groups is 1. The summed E-state index contributed by atoms with van der Waals surface area (Å²) in [6.45, 7) is 6.18. The Morgan fingerprint density at radius 3 is 2.95 bits per heavy atom. The first-order valence-corrected chi connectivity index (χ1v) is 7.90. The fourth-order valence-electron chi connectivity index (χ4n) is 2.59. The third kappa shape index (κ3) is 3.30. The topological polar surface area (TPSA) is 45.7 Å². The lowest BCUT2D eigenvalue weighted by molar-refractivity contribution is 0.0519. The van der Waals surface area contributed by atoms with Gasteiger partial charge in [0.2, 0.25) is 0 Å². The monoisotopic (exact) mass is 297 g/mol. The van der Waals surface area contributed by atoms with Crippen molar-refractivity contribution in [3.05, 3.63) is 10.6 Å². The zero-order chi connectivity index (χ0) is 14.7. The minimum Gasteiger partial charge on any atom is -0.461 e. The minimum absolute atomic E-state index is 0.309. The third-order valence-corrected chi connectivity index (χ3v) is 4.46. The summed E-state index contributed by atoms with van der Waals surface area (Å²) in [5.74, 6) is -0.309. The number of hydrogen-bond acceptors (Lipinski definition) is 6. The van der Waals surface area contributed by atoms with Gasteiger partial charge in [-0.1, -0.05) is 0 Å². The minimum atomic E-state index is -0.309. The van der Waals surface area contributed by atoms with Gasteiger partial charge in [0.05, 0.1) is 6.61 Å². The average Bonchev–Trinajstić information content (AvgIpc) is 2.95. The predicted molar refractivity (Wildman–Crippen MR) is 81.7 cm³/mol. The zero-order valence-corrected chi connectivity index (χ0v) is 13.5. The van der Waals surface area contributed by atoms with Crippen molar-refractivity contribution in [2.75, 3.05) is 38.7 Å². The second kappa shape index (κ2) is 6.54. The fourth-order valence-corrected chi connectivity index (χ4v) is 3.59. The van der Waals surface area contributed by atoms with Crippen LogP contribution in [0.4, 0.5) is 5.13 Å². The molecule has 2 rings (SSSR count). The van der Waals surface area contributed by atoms with Gasteiger partial charge in [-0.05, 0) is 40.8 Å². The number of likely N-dealkylation sites (N-methyl/N-ethyl adjacent to an activating group) is 1. The molecule has 2 heterocycles. The number of hydrogen-bond donors (Lipinski definition) is 0. The first kappa shape index (κ1) is 15.3. The molecule has 20 heavy (non-hydrogen) atoms. The van der Waals surface area contributed by atoms with Crippen LogP contribution in [0.1, 0.15) is 35.1 Å². The van der Waals surface area contributed by atoms with Gasteiger partial charge in [-0.15, -0.1) is 11.3 Å². The molecular formula is C14H23N3O2S. The number of aryl methyl sites for hydroxylation is 1. The summed E-state index contributed by atoms with van der Waals surface area (Å²) < 4.78 is 5.05. The molecule has 0 bridgehead atoms. The average molecular weight is 297 g/mol. The Morgan fingerprint density at radius 1 is 1.55 bits per heavy atom. The number of nitrogens with zero attached hydrogens (tertiary/aromatic N) is 3. The van der Waals surface area contributed by atoms with Gasteiger partial charge < -0.3 is 14.5 Å². The highest BCUT2D eigenvalue weighted by Gasteiger charge is 2.29. The molecule has 0 saturated carbocycles. The van der Waals surface area contributed by atoms with Crippen molar-refractivity contribution in [3.63, 3.8) is 0 Å². The van der Waals surface area contributed by atoms with E-state index in [0.717, 1.165) is 23.1 Å². The molecule has 1 aliphatic heterocycles. The molecule has 1 unspecified atom stereocenters. The Hall–Kier alpha value is -1.14. The second-order valence-corrected chi connectivity index (χ2v) is 6.56. The van der Waals surface area contributed by atoms with E-state index in [1.165, 1.54) is 12.8 Å². The molecule has 6 heteroatoms. The molecule has 1 saturated heterocycles. The maximum atomic E-state index is 11.8. The van der Waals surface area contributed by atoms with E-state index in [1.807, 2.05) is 13.8 Å². The highest BCUT2D eigenvalue weighted by molar-refractivity contribution is 7.15. The first-order valence-electron chi connectivity index (χ1n) is 7.08. The summed E-state index contributed by atoms with van der Waals surface area (Å²) in [4.78, 5) is 21.8. The van der Waals surface area contributed by atoms with E-state index in [-0.39, 0.29) is 5.97 Å². The van der Waals surface area contributed by atoms with Crippen molar-refractivity contribution in [3.8, 4) is 0 Å². The Labute approximate surface area is 124 Å². The van der Waals surface area contributed by atoms with Crippen LogP contribution in [0, 0.1) is 6.92 Å². The van der Waals surface area contributed by atoms with Crippen molar-refractivity contribution in [1.82, 2.24) is 9.88 Å². The van der Waals surface area contributed by atoms with E-state index in [9.17, 15) is 4.79 Å². The zero-order valence-electron chi connectivity index (χ0n) is 12.7. The summed E-state index contributed by atoms with van der Waals surface area (Å²) >= 11 is 1.59. The van der Waals surface area contributed by atoms with Crippen LogP contribution in [0.5, 0.6) is 0 Å². The predicted octanol–water partition coefficient (Wildman–Crippen LogP) is 2.16. The summed E-state index contributed by atoms with van der Waals surface area (Å²) in [6.07, 6.45) is 2.37. The van der Waals surface area contributed by atoms with E-state index in [0.29, 0.717) is 18.3 Å². The molecule has 0 aliphatic carbocycles. The van der Waals surface area contributed by atoms with E-state index in [2.05, 4.69) is 28.9 Å². The largest absolute Gasteiger partial charge is 0.461 e. The molecule has 0 N–H and O–H groups in total. The number of esters is 1. The molecule has 0 amide bonds. The SMILES string of the molecule is CCOC(=O)c1nc(N2CCCC2CN(C)C)sc1C. The van der Waals surface area contributed by atoms with Crippen molar-refractivity contribution in [2.24, 2.45) is 0 Å². The normalized spacial score (nSPS) is 18.9. The van der Waals surface area contributed by atoms with Crippen molar-refractivity contribution in [1.29, 1.82) is 0 Å². The lowest BCUT2D eigenvalue weighted by Gasteiger charge is -2.26. The van der Waals surface area contributed by atoms with Gasteiger partial charge in [0.15, 0.2) is 10.8 Å². The summed E-state index contributed by atoms with van der Waals surface area (Å²) in [5, 5.41) is 0.954. The number of aromatic nitrogens is 1. The Kier molecular flexibility index (Phi) is 4.99. The Balaban J connectivity index is 2.16. The van der Waals surface area contributed by atoms with Gasteiger partial charge in [0, 0.05) is 24.0 Å². The van der Waals surface area contributed by atoms with E-state index >= 15 is 0 Å². The Morgan fingerprint density at radius 2 is 2.30 bits per heavy atom. The van der Waals surface area contributed by atoms with Gasteiger partial charge in [-0.25, -0.2) is 9.78 Å². The van der Waals surface area contributed by atoms with E-state index in [1.54, 1.807) is 11.3 Å². The van der Waals surface area contributed by atoms with Crippen molar-refractivity contribution >= 4 is 22.4 Å². The van der Waals surface area contributed by atoms with Crippen LogP contribution in [0.15, 0.2) is 0 Å². The Bertz CT molecular complexity index is 473. The smallest absolute Gasteiger partial charge is 0.358 e. The maximum absolute atomic E-state index is 11.8. The number of rotatable bonds is 5. The van der Waals surface area contributed by atoms with Crippen LogP contribution in [0.25, 0.3) is 0 Å². The highest BCUT2D eigenvalue weighted by atomic mass is 32.1. The summed E-state index contributed by atoms with van der Waals surface area (Å²) in [7, 11) is 4.18. The quantitative estimate of drug-likeness (QED) is 0.779. The van der Waals surface area contributed by atoms with Gasteiger partial charge in [0.1, 0.15) is 0 Å². The molecule has 1 aliphatic rings. The van der Waals surface area contributed by atoms with Crippen LogP contribution >= 0.6 is 11.3 Å². The molecule has 1 atom stereocenters. The molecular weight excluding hydrogens is 274 g/mol. The lowest BCUT2D eigenvalue weighted by Crippen LogP contribution is -2.37. The van der Waals surface area contributed by atoms with Crippen LogP contribution in [-0.4, -0.2) is 55.7 Å². The van der Waals surface area contributed by atoms with Gasteiger partial charge in [0.25, 0.3) is 0 Å². The van der Waals surface area contributed by atoms with Gasteiger partial charge in [-0.3, -0.25) is 0 Å². The number of anilines is 1. The lowest BCUT2D eigenvalue weighted by atomic mass is 10.2. The molecule has 0 radical (unpaired) electrons. The molecule has 5 nitrogen and oxygen atoms in total. The summed E-state index contributed by atoms with van der Waals surface area (Å²) in [6, 6.07) is 0.491. The number of ether oxygens (including phenoxy) is 1. The second-order valence-electron chi connectivity index (χ2n) is 5.37. The number of thiazole rings is 1. The summed E-state index contributed by atoms with van der Waals surface area (Å²) in [5.41, 5.74) is 0.474. The fraction of sp³-hybridized carbons (Fsp3) is 0.714. The van der Waals surface area contributed by atoms with E-state index < -0.39 is 0 Å². The molecule has 112 valence electrons. The first-order chi connectivity index (χ1) is 9.52.